The van der Waals surface area contributed by atoms with Crippen LogP contribution in [-0.2, 0) is 9.47 Å². The van der Waals surface area contributed by atoms with Crippen LogP contribution in [0.2, 0.25) is 0 Å². The van der Waals surface area contributed by atoms with E-state index in [0.29, 0.717) is 12.0 Å². The van der Waals surface area contributed by atoms with Gasteiger partial charge in [0.2, 0.25) is 0 Å². The molecule has 3 heteroatoms. The summed E-state index contributed by atoms with van der Waals surface area (Å²) in [4.78, 5) is 0. The summed E-state index contributed by atoms with van der Waals surface area (Å²) in [5.41, 5.74) is -0.325. The minimum Gasteiger partial charge on any atom is -0.393 e. The Labute approximate surface area is 117 Å². The van der Waals surface area contributed by atoms with Gasteiger partial charge in [0.05, 0.1) is 23.4 Å². The highest BCUT2D eigenvalue weighted by atomic mass is 16.5. The molecule has 112 valence electrons. The third-order valence-electron chi connectivity index (χ3n) is 4.78. The molecule has 19 heavy (non-hydrogen) atoms. The van der Waals surface area contributed by atoms with Gasteiger partial charge in [-0.2, -0.15) is 0 Å². The zero-order valence-corrected chi connectivity index (χ0v) is 13.1. The molecular formula is C16H30O3. The fourth-order valence-corrected chi connectivity index (χ4v) is 3.95. The van der Waals surface area contributed by atoms with Crippen LogP contribution in [0.25, 0.3) is 0 Å². The van der Waals surface area contributed by atoms with Crippen molar-refractivity contribution in [3.8, 4) is 0 Å². The van der Waals surface area contributed by atoms with Gasteiger partial charge in [-0.1, -0.05) is 0 Å². The molecule has 1 aliphatic heterocycles. The van der Waals surface area contributed by atoms with Gasteiger partial charge in [-0.25, -0.2) is 0 Å². The maximum atomic E-state index is 10.5. The molecule has 0 spiro atoms. The Morgan fingerprint density at radius 2 is 1.89 bits per heavy atom. The monoisotopic (exact) mass is 270 g/mol. The first-order chi connectivity index (χ1) is 8.73. The van der Waals surface area contributed by atoms with Gasteiger partial charge in [-0.3, -0.25) is 0 Å². The lowest BCUT2D eigenvalue weighted by Crippen LogP contribution is -2.40. The molecule has 0 radical (unpaired) electrons. The summed E-state index contributed by atoms with van der Waals surface area (Å²) in [6.45, 7) is 11.3. The Kier molecular flexibility index (Phi) is 4.29. The molecule has 3 nitrogen and oxygen atoms in total. The van der Waals surface area contributed by atoms with Crippen molar-refractivity contribution < 1.29 is 14.6 Å². The van der Waals surface area contributed by atoms with Gasteiger partial charge >= 0.3 is 0 Å². The fourth-order valence-electron chi connectivity index (χ4n) is 3.95. The van der Waals surface area contributed by atoms with Crippen LogP contribution >= 0.6 is 0 Å². The average Bonchev–Trinajstić information content (AvgIpc) is 2.43. The molecule has 1 heterocycles. The highest BCUT2D eigenvalue weighted by Crippen LogP contribution is 2.46. The molecule has 1 saturated heterocycles. The second kappa shape index (κ2) is 5.34. The molecular weight excluding hydrogens is 240 g/mol. The van der Waals surface area contributed by atoms with Gasteiger partial charge < -0.3 is 14.6 Å². The van der Waals surface area contributed by atoms with Crippen LogP contribution in [0.15, 0.2) is 0 Å². The lowest BCUT2D eigenvalue weighted by atomic mass is 9.73. The molecule has 1 aliphatic carbocycles. The molecule has 0 aromatic heterocycles. The summed E-state index contributed by atoms with van der Waals surface area (Å²) >= 11 is 0. The third kappa shape index (κ3) is 3.50. The predicted molar refractivity (Wildman–Crippen MR) is 76.1 cm³/mol. The van der Waals surface area contributed by atoms with Crippen LogP contribution < -0.4 is 0 Å². The Bertz CT molecular complexity index is 305. The number of hydrogen-bond donors (Lipinski definition) is 1. The lowest BCUT2D eigenvalue weighted by Gasteiger charge is -2.38. The van der Waals surface area contributed by atoms with Crippen molar-refractivity contribution in [2.75, 3.05) is 6.61 Å². The molecule has 0 aromatic rings. The Balaban J connectivity index is 1.82. The van der Waals surface area contributed by atoms with E-state index in [1.54, 1.807) is 0 Å². The summed E-state index contributed by atoms with van der Waals surface area (Å²) in [6, 6.07) is 0. The largest absolute Gasteiger partial charge is 0.393 e. The van der Waals surface area contributed by atoms with E-state index < -0.39 is 0 Å². The Hall–Kier alpha value is -0.120. The summed E-state index contributed by atoms with van der Waals surface area (Å²) in [5, 5.41) is 10.5. The van der Waals surface area contributed by atoms with E-state index >= 15 is 0 Å². The van der Waals surface area contributed by atoms with Crippen LogP contribution in [0.3, 0.4) is 0 Å². The SMILES string of the molecule is CCOC1CC(CC(O)C2CC(C)(C)OC2(C)C)C1. The minimum atomic E-state index is -0.246. The first-order valence-electron chi connectivity index (χ1n) is 7.73. The van der Waals surface area contributed by atoms with Crippen LogP contribution in [0.5, 0.6) is 0 Å². The number of hydrogen-bond acceptors (Lipinski definition) is 3. The summed E-state index contributed by atoms with van der Waals surface area (Å²) in [7, 11) is 0. The molecule has 0 aromatic carbocycles. The predicted octanol–water partition coefficient (Wildman–Crippen LogP) is 3.15. The van der Waals surface area contributed by atoms with Crippen molar-refractivity contribution in [3.05, 3.63) is 0 Å². The number of aliphatic hydroxyl groups is 1. The van der Waals surface area contributed by atoms with Crippen molar-refractivity contribution >= 4 is 0 Å². The maximum absolute atomic E-state index is 10.5. The second-order valence-corrected chi connectivity index (χ2v) is 7.49. The van der Waals surface area contributed by atoms with Gasteiger partial charge in [0.15, 0.2) is 0 Å². The fraction of sp³-hybridized carbons (Fsp3) is 1.00. The number of ether oxygens (including phenoxy) is 2. The lowest BCUT2D eigenvalue weighted by molar-refractivity contribution is -0.0945. The van der Waals surface area contributed by atoms with Gasteiger partial charge in [-0.05, 0) is 66.2 Å². The van der Waals surface area contributed by atoms with Gasteiger partial charge in [0.1, 0.15) is 0 Å². The normalized spacial score (nSPS) is 37.9. The standard InChI is InChI=1S/C16H30O3/c1-6-18-12-7-11(8-12)9-14(17)13-10-15(2,3)19-16(13,4)5/h11-14,17H,6-10H2,1-5H3. The van der Waals surface area contributed by atoms with Crippen molar-refractivity contribution in [3.63, 3.8) is 0 Å². The zero-order chi connectivity index (χ0) is 14.3. The first-order valence-corrected chi connectivity index (χ1v) is 7.73. The topological polar surface area (TPSA) is 38.7 Å². The first kappa shape index (κ1) is 15.3. The highest BCUT2D eigenvalue weighted by Gasteiger charge is 2.49. The quantitative estimate of drug-likeness (QED) is 0.834. The van der Waals surface area contributed by atoms with Crippen LogP contribution in [0.4, 0.5) is 0 Å². The summed E-state index contributed by atoms with van der Waals surface area (Å²) in [6.07, 6.45) is 4.26. The molecule has 2 atom stereocenters. The molecule has 2 aliphatic rings. The van der Waals surface area contributed by atoms with E-state index in [4.69, 9.17) is 9.47 Å². The number of aliphatic hydroxyl groups excluding tert-OH is 1. The van der Waals surface area contributed by atoms with E-state index in [-0.39, 0.29) is 23.2 Å². The average molecular weight is 270 g/mol. The summed E-state index contributed by atoms with van der Waals surface area (Å²) < 4.78 is 11.7. The van der Waals surface area contributed by atoms with E-state index in [2.05, 4.69) is 27.7 Å². The maximum Gasteiger partial charge on any atom is 0.0687 e. The Morgan fingerprint density at radius 3 is 2.37 bits per heavy atom. The Morgan fingerprint density at radius 1 is 1.26 bits per heavy atom. The molecule has 1 N–H and O–H groups in total. The molecule has 2 unspecified atom stereocenters. The van der Waals surface area contributed by atoms with Crippen LogP contribution in [0.1, 0.15) is 60.3 Å². The van der Waals surface area contributed by atoms with Crippen LogP contribution in [-0.4, -0.2) is 35.1 Å². The number of rotatable bonds is 5. The van der Waals surface area contributed by atoms with Gasteiger partial charge in [0, 0.05) is 12.5 Å². The van der Waals surface area contributed by atoms with Crippen molar-refractivity contribution in [2.24, 2.45) is 11.8 Å². The molecule has 0 bridgehead atoms. The third-order valence-corrected chi connectivity index (χ3v) is 4.78. The van der Waals surface area contributed by atoms with Crippen molar-refractivity contribution in [2.45, 2.75) is 83.7 Å². The molecule has 1 saturated carbocycles. The highest BCUT2D eigenvalue weighted by molar-refractivity contribution is 4.98. The van der Waals surface area contributed by atoms with Gasteiger partial charge in [0.25, 0.3) is 0 Å². The van der Waals surface area contributed by atoms with Crippen molar-refractivity contribution in [1.82, 2.24) is 0 Å². The van der Waals surface area contributed by atoms with E-state index in [9.17, 15) is 5.11 Å². The molecule has 0 amide bonds. The molecule has 2 rings (SSSR count). The minimum absolute atomic E-state index is 0.109. The summed E-state index contributed by atoms with van der Waals surface area (Å²) in [5.74, 6) is 0.875. The zero-order valence-electron chi connectivity index (χ0n) is 13.1. The van der Waals surface area contributed by atoms with Crippen LogP contribution in [0, 0.1) is 11.8 Å². The second-order valence-electron chi connectivity index (χ2n) is 7.49. The molecule has 2 fully saturated rings. The van der Waals surface area contributed by atoms with E-state index in [1.807, 2.05) is 6.92 Å². The van der Waals surface area contributed by atoms with Crippen molar-refractivity contribution in [1.29, 1.82) is 0 Å². The van der Waals surface area contributed by atoms with Gasteiger partial charge in [-0.15, -0.1) is 0 Å². The van der Waals surface area contributed by atoms with E-state index in [0.717, 1.165) is 32.3 Å². The smallest absolute Gasteiger partial charge is 0.0687 e. The van der Waals surface area contributed by atoms with E-state index in [1.165, 1.54) is 0 Å².